The molecular formula is C12H12N4OSe. The number of hydrogen-bond acceptors (Lipinski definition) is 4. The summed E-state index contributed by atoms with van der Waals surface area (Å²) in [6.45, 7) is 0. The van der Waals surface area contributed by atoms with Gasteiger partial charge in [-0.15, -0.1) is 0 Å². The van der Waals surface area contributed by atoms with Crippen LogP contribution < -0.4 is 11.1 Å². The van der Waals surface area contributed by atoms with Crippen molar-refractivity contribution in [3.05, 3.63) is 30.4 Å². The Balaban J connectivity index is 1.78. The van der Waals surface area contributed by atoms with E-state index in [1.165, 1.54) is 0 Å². The van der Waals surface area contributed by atoms with Crippen LogP contribution in [0.25, 0.3) is 0 Å². The fourth-order valence-corrected chi connectivity index (χ4v) is 3.21. The van der Waals surface area contributed by atoms with Gasteiger partial charge in [-0.1, -0.05) is 0 Å². The second-order valence-electron chi connectivity index (χ2n) is 4.32. The molecule has 18 heavy (non-hydrogen) atoms. The summed E-state index contributed by atoms with van der Waals surface area (Å²) in [7, 11) is 0. The van der Waals surface area contributed by atoms with Crippen LogP contribution in [0.5, 0.6) is 0 Å². The summed E-state index contributed by atoms with van der Waals surface area (Å²) in [5.74, 6) is -0.165. The topological polar surface area (TPSA) is 79.8 Å². The molecule has 2 unspecified atom stereocenters. The molecule has 1 aromatic carbocycles. The maximum absolute atomic E-state index is 12.1. The fourth-order valence-electron chi connectivity index (χ4n) is 2.05. The van der Waals surface area contributed by atoms with Gasteiger partial charge in [-0.3, -0.25) is 0 Å². The molecule has 5 nitrogen and oxygen atoms in total. The number of carbonyl (C=O) groups is 1. The fraction of sp³-hybridized carbons (Fsp3) is 0.250. The van der Waals surface area contributed by atoms with Crippen molar-refractivity contribution in [2.75, 3.05) is 5.32 Å². The van der Waals surface area contributed by atoms with E-state index in [0.717, 1.165) is 17.1 Å². The van der Waals surface area contributed by atoms with Crippen molar-refractivity contribution in [3.63, 3.8) is 0 Å². The second-order valence-corrected chi connectivity index (χ2v) is 5.43. The summed E-state index contributed by atoms with van der Waals surface area (Å²) in [5.41, 5.74) is 8.16. The normalized spacial score (nSPS) is 23.8. The van der Waals surface area contributed by atoms with E-state index < -0.39 is 0 Å². The van der Waals surface area contributed by atoms with Crippen LogP contribution in [0, 0.1) is 5.92 Å². The number of nitrogens with zero attached hydrogens (tertiary/aromatic N) is 2. The average Bonchev–Trinajstić information content (AvgIpc) is 2.97. The van der Waals surface area contributed by atoms with Gasteiger partial charge < -0.3 is 0 Å². The van der Waals surface area contributed by atoms with Crippen molar-refractivity contribution in [1.29, 1.82) is 0 Å². The summed E-state index contributed by atoms with van der Waals surface area (Å²) in [6, 6.07) is 5.64. The standard InChI is InChI=1S/C12H12N4OSe/c13-8-5-4-7(6-8)12(17)14-9-2-1-3-10-11(9)16-18-15-10/h1-5,7-8H,6,13H2,(H,14,17). The Morgan fingerprint density at radius 2 is 2.28 bits per heavy atom. The number of nitrogens with two attached hydrogens (primary N) is 1. The number of fused-ring (bicyclic) bond motifs is 1. The molecule has 0 fully saturated rings. The van der Waals surface area contributed by atoms with Gasteiger partial charge in [-0.05, 0) is 0 Å². The Hall–Kier alpha value is -1.49. The molecule has 1 amide bonds. The average molecular weight is 307 g/mol. The first-order valence-corrected chi connectivity index (χ1v) is 7.23. The third-order valence-corrected chi connectivity index (χ3v) is 4.14. The number of hydrogen-bond donors (Lipinski definition) is 2. The summed E-state index contributed by atoms with van der Waals surface area (Å²) < 4.78 is 8.62. The molecule has 3 rings (SSSR count). The Labute approximate surface area is 110 Å². The van der Waals surface area contributed by atoms with E-state index >= 15 is 0 Å². The Bertz CT molecular complexity index is 604. The van der Waals surface area contributed by atoms with Crippen LogP contribution in [0.3, 0.4) is 0 Å². The summed E-state index contributed by atoms with van der Waals surface area (Å²) >= 11 is -0.0845. The van der Waals surface area contributed by atoms with Crippen LogP contribution in [0.15, 0.2) is 38.3 Å². The Morgan fingerprint density at radius 1 is 1.39 bits per heavy atom. The SMILES string of the molecule is NC1C=CC(C(=O)Nc2cccc3c2N=[Se]=N3)C1. The van der Waals surface area contributed by atoms with Crippen LogP contribution in [0.4, 0.5) is 17.1 Å². The minimum atomic E-state index is -0.139. The predicted octanol–water partition coefficient (Wildman–Crippen LogP) is 1.88. The molecule has 0 bridgehead atoms. The van der Waals surface area contributed by atoms with E-state index in [-0.39, 0.29) is 32.4 Å². The number of amides is 1. The van der Waals surface area contributed by atoms with Gasteiger partial charge in [0.15, 0.2) is 0 Å². The number of carbonyl (C=O) groups excluding carboxylic acids is 1. The minimum absolute atomic E-state index is 0.00902. The maximum atomic E-state index is 12.1. The van der Waals surface area contributed by atoms with Crippen LogP contribution in [0.2, 0.25) is 0 Å². The zero-order valence-corrected chi connectivity index (χ0v) is 11.2. The molecule has 0 spiro atoms. The molecule has 1 aliphatic carbocycles. The zero-order chi connectivity index (χ0) is 12.5. The van der Waals surface area contributed by atoms with Crippen LogP contribution >= 0.6 is 0 Å². The van der Waals surface area contributed by atoms with Crippen LogP contribution in [-0.4, -0.2) is 26.5 Å². The predicted molar refractivity (Wildman–Crippen MR) is 70.2 cm³/mol. The molecule has 1 aromatic rings. The van der Waals surface area contributed by atoms with Gasteiger partial charge in [0, 0.05) is 0 Å². The van der Waals surface area contributed by atoms with E-state index in [1.807, 2.05) is 30.4 Å². The van der Waals surface area contributed by atoms with E-state index in [4.69, 9.17) is 5.73 Å². The van der Waals surface area contributed by atoms with E-state index in [2.05, 4.69) is 13.2 Å². The third-order valence-electron chi connectivity index (χ3n) is 3.00. The first kappa shape index (κ1) is 11.6. The molecule has 0 saturated carbocycles. The van der Waals surface area contributed by atoms with Crippen molar-refractivity contribution < 1.29 is 4.79 Å². The third kappa shape index (κ3) is 2.10. The molecule has 0 radical (unpaired) electrons. The van der Waals surface area contributed by atoms with Crippen molar-refractivity contribution >= 4 is 37.5 Å². The molecule has 0 saturated heterocycles. The molecule has 1 aliphatic heterocycles. The summed E-state index contributed by atoms with van der Waals surface area (Å²) in [5, 5.41) is 2.92. The molecule has 1 heterocycles. The molecule has 2 aliphatic rings. The van der Waals surface area contributed by atoms with Gasteiger partial charge in [0.05, 0.1) is 0 Å². The molecule has 3 N–H and O–H groups in total. The number of nitrogens with one attached hydrogen (secondary N) is 1. The Kier molecular flexibility index (Phi) is 2.99. The van der Waals surface area contributed by atoms with Gasteiger partial charge in [-0.25, -0.2) is 0 Å². The number of rotatable bonds is 2. The van der Waals surface area contributed by atoms with Crippen molar-refractivity contribution in [1.82, 2.24) is 0 Å². The number of benzene rings is 1. The molecule has 6 heteroatoms. The molecule has 0 aromatic heterocycles. The number of anilines is 1. The van der Waals surface area contributed by atoms with E-state index in [0.29, 0.717) is 6.42 Å². The van der Waals surface area contributed by atoms with E-state index in [1.54, 1.807) is 0 Å². The van der Waals surface area contributed by atoms with Gasteiger partial charge in [0.1, 0.15) is 0 Å². The second kappa shape index (κ2) is 4.65. The first-order chi connectivity index (χ1) is 8.74. The molecule has 2 atom stereocenters. The Morgan fingerprint density at radius 3 is 3.06 bits per heavy atom. The van der Waals surface area contributed by atoms with Crippen molar-refractivity contribution in [3.8, 4) is 0 Å². The molecular weight excluding hydrogens is 295 g/mol. The first-order valence-electron chi connectivity index (χ1n) is 5.70. The van der Waals surface area contributed by atoms with Crippen molar-refractivity contribution in [2.45, 2.75) is 12.5 Å². The van der Waals surface area contributed by atoms with Gasteiger partial charge in [0.25, 0.3) is 0 Å². The van der Waals surface area contributed by atoms with Crippen molar-refractivity contribution in [2.24, 2.45) is 19.6 Å². The summed E-state index contributed by atoms with van der Waals surface area (Å²) in [6.07, 6.45) is 4.42. The van der Waals surface area contributed by atoms with Gasteiger partial charge in [-0.2, -0.15) is 0 Å². The van der Waals surface area contributed by atoms with E-state index in [9.17, 15) is 4.79 Å². The van der Waals surface area contributed by atoms with Crippen LogP contribution in [-0.2, 0) is 4.79 Å². The quantitative estimate of drug-likeness (QED) is 0.656. The van der Waals surface area contributed by atoms with Gasteiger partial charge >= 0.3 is 110 Å². The monoisotopic (exact) mass is 308 g/mol. The summed E-state index contributed by atoms with van der Waals surface area (Å²) in [4.78, 5) is 12.1. The zero-order valence-electron chi connectivity index (χ0n) is 9.54. The van der Waals surface area contributed by atoms with Gasteiger partial charge in [0.2, 0.25) is 0 Å². The van der Waals surface area contributed by atoms with Crippen LogP contribution in [0.1, 0.15) is 6.42 Å². The molecule has 92 valence electrons.